The minimum Gasteiger partial charge on any atom is -0.462 e. The first-order chi connectivity index (χ1) is 33.6. The molecular formula is C63H100O5. The van der Waals surface area contributed by atoms with Crippen LogP contribution in [0.1, 0.15) is 213 Å². The Kier molecular flexibility index (Phi) is 53.6. The van der Waals surface area contributed by atoms with Crippen molar-refractivity contribution in [2.75, 3.05) is 19.8 Å². The average Bonchev–Trinajstić information content (AvgIpc) is 3.34. The first kappa shape index (κ1) is 63.8. The van der Waals surface area contributed by atoms with Crippen LogP contribution >= 0.6 is 0 Å². The monoisotopic (exact) mass is 937 g/mol. The predicted octanol–water partition coefficient (Wildman–Crippen LogP) is 18.9. The number of hydrogen-bond acceptors (Lipinski definition) is 5. The van der Waals surface area contributed by atoms with Gasteiger partial charge in [0.2, 0.25) is 0 Å². The zero-order chi connectivity index (χ0) is 49.2. The summed E-state index contributed by atoms with van der Waals surface area (Å²) in [5.41, 5.74) is 0. The topological polar surface area (TPSA) is 61.8 Å². The second-order valence-corrected chi connectivity index (χ2v) is 17.4. The molecule has 0 aliphatic carbocycles. The van der Waals surface area contributed by atoms with Gasteiger partial charge in [0.05, 0.1) is 6.61 Å². The van der Waals surface area contributed by atoms with Gasteiger partial charge in [0.1, 0.15) is 6.61 Å². The first-order valence-corrected chi connectivity index (χ1v) is 27.4. The summed E-state index contributed by atoms with van der Waals surface area (Å²) in [6.07, 6.45) is 83.0. The number of rotatable bonds is 48. The summed E-state index contributed by atoms with van der Waals surface area (Å²) >= 11 is 0. The van der Waals surface area contributed by atoms with Crippen molar-refractivity contribution >= 4 is 11.9 Å². The van der Waals surface area contributed by atoms with Gasteiger partial charge in [-0.15, -0.1) is 0 Å². The number of carbonyl (C=O) groups excluding carboxylic acids is 2. The molecule has 0 aromatic heterocycles. The Morgan fingerprint density at radius 2 is 0.691 bits per heavy atom. The van der Waals surface area contributed by atoms with Crippen LogP contribution < -0.4 is 0 Å². The Morgan fingerprint density at radius 1 is 0.338 bits per heavy atom. The van der Waals surface area contributed by atoms with Gasteiger partial charge in [-0.2, -0.15) is 0 Å². The standard InChI is InChI=1S/C63H100O5/c1-4-7-10-13-16-19-22-25-28-30-32-34-36-38-41-44-47-50-53-56-62(64)67-60-61(59-66-58-55-52-49-46-43-40-27-24-21-18-15-12-9-6-3)68-63(65)57-54-51-48-45-42-39-37-35-33-31-29-26-23-20-17-14-11-8-5-2/h7-8,10-11,16-17,19-21,24-26,28-29,32-35,38-39,41-42,47,50,61H,4-6,9,12-15,18,22-23,27,30-31,36-37,40,43-46,48-49,51-60H2,1-3H3/b10-7-,11-8-,19-16-,20-17-,24-21-,28-25-,29-26-,34-32-,35-33-,41-38-,42-39-,50-47-. The second kappa shape index (κ2) is 57.1. The van der Waals surface area contributed by atoms with Crippen LogP contribution in [0.3, 0.4) is 0 Å². The largest absolute Gasteiger partial charge is 0.462 e. The quantitative estimate of drug-likeness (QED) is 0.0346. The van der Waals surface area contributed by atoms with Gasteiger partial charge in [-0.1, -0.05) is 218 Å². The van der Waals surface area contributed by atoms with Crippen molar-refractivity contribution in [3.63, 3.8) is 0 Å². The summed E-state index contributed by atoms with van der Waals surface area (Å²) in [6, 6.07) is 0. The third kappa shape index (κ3) is 54.4. The van der Waals surface area contributed by atoms with Gasteiger partial charge < -0.3 is 14.2 Å². The zero-order valence-corrected chi connectivity index (χ0v) is 43.8. The van der Waals surface area contributed by atoms with Crippen LogP contribution in [0, 0.1) is 0 Å². The molecule has 0 N–H and O–H groups in total. The van der Waals surface area contributed by atoms with Gasteiger partial charge in [-0.25, -0.2) is 0 Å². The van der Waals surface area contributed by atoms with Crippen LogP contribution in [0.25, 0.3) is 0 Å². The number of hydrogen-bond donors (Lipinski definition) is 0. The molecule has 5 heteroatoms. The van der Waals surface area contributed by atoms with Crippen LogP contribution in [0.4, 0.5) is 0 Å². The number of carbonyl (C=O) groups is 2. The van der Waals surface area contributed by atoms with E-state index in [0.717, 1.165) is 109 Å². The van der Waals surface area contributed by atoms with Crippen LogP contribution in [0.5, 0.6) is 0 Å². The van der Waals surface area contributed by atoms with Crippen molar-refractivity contribution < 1.29 is 23.8 Å². The maximum Gasteiger partial charge on any atom is 0.306 e. The van der Waals surface area contributed by atoms with Gasteiger partial charge in [0.15, 0.2) is 6.10 Å². The van der Waals surface area contributed by atoms with E-state index in [1.807, 2.05) is 6.08 Å². The highest BCUT2D eigenvalue weighted by Crippen LogP contribution is 2.11. The Morgan fingerprint density at radius 3 is 1.13 bits per heavy atom. The molecule has 0 aromatic carbocycles. The van der Waals surface area contributed by atoms with E-state index < -0.39 is 6.10 Å². The fourth-order valence-electron chi connectivity index (χ4n) is 6.85. The minimum absolute atomic E-state index is 0.0194. The van der Waals surface area contributed by atoms with E-state index in [9.17, 15) is 9.59 Å². The summed E-state index contributed by atoms with van der Waals surface area (Å²) < 4.78 is 17.3. The molecule has 0 aliphatic rings. The van der Waals surface area contributed by atoms with E-state index in [2.05, 4.69) is 161 Å². The van der Waals surface area contributed by atoms with Crippen molar-refractivity contribution in [1.82, 2.24) is 0 Å². The molecule has 0 spiro atoms. The third-order valence-electron chi connectivity index (χ3n) is 10.9. The lowest BCUT2D eigenvalue weighted by Crippen LogP contribution is -2.30. The van der Waals surface area contributed by atoms with E-state index in [4.69, 9.17) is 14.2 Å². The van der Waals surface area contributed by atoms with Crippen molar-refractivity contribution in [3.05, 3.63) is 146 Å². The molecule has 0 amide bonds. The molecule has 0 aliphatic heterocycles. The van der Waals surface area contributed by atoms with Crippen molar-refractivity contribution in [2.45, 2.75) is 219 Å². The number of ether oxygens (including phenoxy) is 3. The minimum atomic E-state index is -0.599. The Bertz CT molecular complexity index is 1480. The maximum atomic E-state index is 12.8. The zero-order valence-electron chi connectivity index (χ0n) is 43.8. The van der Waals surface area contributed by atoms with Gasteiger partial charge in [0.25, 0.3) is 0 Å². The molecule has 1 unspecified atom stereocenters. The molecule has 0 heterocycles. The fraction of sp³-hybridized carbons (Fsp3) is 0.587. The maximum absolute atomic E-state index is 12.8. The summed E-state index contributed by atoms with van der Waals surface area (Å²) in [4.78, 5) is 25.4. The van der Waals surface area contributed by atoms with E-state index in [0.29, 0.717) is 19.4 Å². The lowest BCUT2D eigenvalue weighted by Gasteiger charge is -2.18. The number of allylic oxidation sites excluding steroid dienone is 24. The fourth-order valence-corrected chi connectivity index (χ4v) is 6.85. The van der Waals surface area contributed by atoms with Gasteiger partial charge in [-0.3, -0.25) is 9.59 Å². The lowest BCUT2D eigenvalue weighted by molar-refractivity contribution is -0.162. The highest BCUT2D eigenvalue weighted by Gasteiger charge is 2.17. The molecule has 0 aromatic rings. The highest BCUT2D eigenvalue weighted by atomic mass is 16.6. The Balaban J connectivity index is 4.50. The van der Waals surface area contributed by atoms with Crippen molar-refractivity contribution in [2.24, 2.45) is 0 Å². The first-order valence-electron chi connectivity index (χ1n) is 27.4. The van der Waals surface area contributed by atoms with Gasteiger partial charge in [0, 0.05) is 19.4 Å². The molecule has 0 bridgehead atoms. The van der Waals surface area contributed by atoms with E-state index in [1.54, 1.807) is 0 Å². The molecule has 0 saturated carbocycles. The Hall–Kier alpha value is -4.22. The third-order valence-corrected chi connectivity index (χ3v) is 10.9. The molecule has 1 atom stereocenters. The summed E-state index contributed by atoms with van der Waals surface area (Å²) in [6.45, 7) is 7.44. The molecular weight excluding hydrogens is 837 g/mol. The van der Waals surface area contributed by atoms with Crippen LogP contribution in [0.15, 0.2) is 146 Å². The highest BCUT2D eigenvalue weighted by molar-refractivity contribution is 5.70. The van der Waals surface area contributed by atoms with Crippen molar-refractivity contribution in [1.29, 1.82) is 0 Å². The van der Waals surface area contributed by atoms with Crippen molar-refractivity contribution in [3.8, 4) is 0 Å². The molecule has 382 valence electrons. The van der Waals surface area contributed by atoms with E-state index >= 15 is 0 Å². The molecule has 0 radical (unpaired) electrons. The normalized spacial score (nSPS) is 13.4. The molecule has 0 rings (SSSR count). The molecule has 0 saturated heterocycles. The lowest BCUT2D eigenvalue weighted by atomic mass is 10.1. The van der Waals surface area contributed by atoms with Crippen LogP contribution in [0.2, 0.25) is 0 Å². The Labute approximate surface area is 419 Å². The van der Waals surface area contributed by atoms with E-state index in [1.165, 1.54) is 64.2 Å². The number of unbranched alkanes of at least 4 members (excludes halogenated alkanes) is 13. The van der Waals surface area contributed by atoms with Gasteiger partial charge in [-0.05, 0) is 128 Å². The van der Waals surface area contributed by atoms with Crippen LogP contribution in [-0.4, -0.2) is 37.9 Å². The van der Waals surface area contributed by atoms with Gasteiger partial charge >= 0.3 is 11.9 Å². The SMILES string of the molecule is CC/C=C\C/C=C\C/C=C\C/C=C\C/C=C\C/C=C\CCC(=O)OCC(COCCCCCCCC/C=C\CCCCCC)OC(=O)CCCCC/C=C\C/C=C\C/C=C\C/C=C\C/C=C\CC. The summed E-state index contributed by atoms with van der Waals surface area (Å²) in [5, 5.41) is 0. The molecule has 5 nitrogen and oxygen atoms in total. The van der Waals surface area contributed by atoms with Crippen LogP contribution in [-0.2, 0) is 23.8 Å². The number of esters is 2. The summed E-state index contributed by atoms with van der Waals surface area (Å²) in [5.74, 6) is -0.545. The second-order valence-electron chi connectivity index (χ2n) is 17.4. The predicted molar refractivity (Wildman–Crippen MR) is 297 cm³/mol. The average molecular weight is 937 g/mol. The van der Waals surface area contributed by atoms with E-state index in [-0.39, 0.29) is 31.6 Å². The summed E-state index contributed by atoms with van der Waals surface area (Å²) in [7, 11) is 0. The molecule has 0 fully saturated rings. The molecule has 68 heavy (non-hydrogen) atoms. The smallest absolute Gasteiger partial charge is 0.306 e.